The highest BCUT2D eigenvalue weighted by Crippen LogP contribution is 2.38. The van der Waals surface area contributed by atoms with Crippen LogP contribution in [0.3, 0.4) is 0 Å². The molecule has 84 valence electrons. The molecule has 0 unspecified atom stereocenters. The maximum atomic E-state index is 6.01. The molecule has 0 saturated carbocycles. The summed E-state index contributed by atoms with van der Waals surface area (Å²) in [6.07, 6.45) is 10.0. The summed E-state index contributed by atoms with van der Waals surface area (Å²) in [7, 11) is 0. The van der Waals surface area contributed by atoms with Gasteiger partial charge < -0.3 is 0 Å². The Morgan fingerprint density at radius 3 is 2.21 bits per heavy atom. The van der Waals surface area contributed by atoms with Crippen LogP contribution in [0.15, 0.2) is 12.2 Å². The van der Waals surface area contributed by atoms with Gasteiger partial charge in [-0.3, -0.25) is 0 Å². The minimum absolute atomic E-state index is 0.189. The summed E-state index contributed by atoms with van der Waals surface area (Å²) in [5, 5.41) is 0. The maximum absolute atomic E-state index is 6.01. The van der Waals surface area contributed by atoms with Crippen molar-refractivity contribution in [2.24, 2.45) is 0 Å². The van der Waals surface area contributed by atoms with E-state index in [9.17, 15) is 0 Å². The fourth-order valence-corrected chi connectivity index (χ4v) is 3.97. The Bertz CT molecular complexity index is 163. The highest BCUT2D eigenvalue weighted by molar-refractivity contribution is 7.65. The molecule has 0 bridgehead atoms. The second-order valence-electron chi connectivity index (χ2n) is 3.52. The molecule has 0 saturated heterocycles. The third kappa shape index (κ3) is 7.16. The lowest BCUT2D eigenvalue weighted by molar-refractivity contribution is 0.635. The number of halogens is 3. The average Bonchev–Trinajstić information content (AvgIpc) is 2.08. The molecule has 0 nitrogen and oxygen atoms in total. The summed E-state index contributed by atoms with van der Waals surface area (Å²) in [6, 6.07) is -2.54. The molecule has 0 heterocycles. The molecular weight excluding hydrogens is 255 g/mol. The Balaban J connectivity index is 3.87. The molecule has 0 N–H and O–H groups in total. The van der Waals surface area contributed by atoms with Crippen molar-refractivity contribution < 1.29 is 0 Å². The quantitative estimate of drug-likeness (QED) is 0.247. The topological polar surface area (TPSA) is 0 Å². The van der Waals surface area contributed by atoms with Gasteiger partial charge in [-0.25, -0.2) is 0 Å². The average molecular weight is 274 g/mol. The Hall–Kier alpha value is 0.827. The lowest BCUT2D eigenvalue weighted by Crippen LogP contribution is -2.17. The first kappa shape index (κ1) is 14.8. The molecule has 0 fully saturated rings. The third-order valence-corrected chi connectivity index (χ3v) is 6.06. The van der Waals surface area contributed by atoms with Crippen LogP contribution in [0.2, 0.25) is 5.54 Å². The Labute approximate surface area is 103 Å². The van der Waals surface area contributed by atoms with Crippen molar-refractivity contribution in [3.63, 3.8) is 0 Å². The summed E-state index contributed by atoms with van der Waals surface area (Å²) in [4.78, 5) is 0. The van der Waals surface area contributed by atoms with Gasteiger partial charge >= 0.3 is 6.00 Å². The Kier molecular flexibility index (Phi) is 8.51. The smallest absolute Gasteiger partial charge is 0.125 e. The zero-order valence-electron chi connectivity index (χ0n) is 8.90. The predicted octanol–water partition coefficient (Wildman–Crippen LogP) is 5.56. The van der Waals surface area contributed by atoms with Gasteiger partial charge in [-0.05, 0) is 13.3 Å². The van der Waals surface area contributed by atoms with Crippen LogP contribution in [-0.2, 0) is 0 Å². The van der Waals surface area contributed by atoms with Crippen molar-refractivity contribution in [3.05, 3.63) is 12.2 Å². The minimum Gasteiger partial charge on any atom is -0.125 e. The zero-order valence-corrected chi connectivity index (χ0v) is 12.2. The largest absolute Gasteiger partial charge is 0.347 e. The predicted molar refractivity (Wildman–Crippen MR) is 70.6 cm³/mol. The summed E-state index contributed by atoms with van der Waals surface area (Å²) >= 11 is 18.0. The van der Waals surface area contributed by atoms with Gasteiger partial charge in [0, 0.05) is 5.54 Å². The van der Waals surface area contributed by atoms with E-state index in [2.05, 4.69) is 6.92 Å². The van der Waals surface area contributed by atoms with Gasteiger partial charge in [-0.15, -0.1) is 33.2 Å². The van der Waals surface area contributed by atoms with Gasteiger partial charge in [0.15, 0.2) is 0 Å². The molecule has 0 aliphatic rings. The number of rotatable bonds is 7. The minimum atomic E-state index is -2.54. The van der Waals surface area contributed by atoms with Crippen molar-refractivity contribution in [1.82, 2.24) is 0 Å². The zero-order chi connectivity index (χ0) is 11.0. The molecule has 0 amide bonds. The summed E-state index contributed by atoms with van der Waals surface area (Å²) in [5.74, 6) is 0. The third-order valence-electron chi connectivity index (χ3n) is 2.21. The van der Waals surface area contributed by atoms with Gasteiger partial charge in [0.05, 0.1) is 0 Å². The monoisotopic (exact) mass is 272 g/mol. The summed E-state index contributed by atoms with van der Waals surface area (Å²) < 4.78 is 0. The lowest BCUT2D eigenvalue weighted by Gasteiger charge is -2.18. The first-order valence-electron chi connectivity index (χ1n) is 5.21. The highest BCUT2D eigenvalue weighted by Gasteiger charge is 2.34. The molecule has 0 aromatic rings. The van der Waals surface area contributed by atoms with E-state index in [-0.39, 0.29) is 5.54 Å². The van der Waals surface area contributed by atoms with Gasteiger partial charge in [0.25, 0.3) is 0 Å². The molecule has 0 aliphatic heterocycles. The maximum Gasteiger partial charge on any atom is 0.347 e. The molecule has 0 aromatic heterocycles. The molecule has 0 spiro atoms. The number of allylic oxidation sites excluding steroid dienone is 2. The second kappa shape index (κ2) is 8.03. The fraction of sp³-hybridized carbons (Fsp3) is 0.800. The van der Waals surface area contributed by atoms with Crippen LogP contribution in [0.1, 0.15) is 46.0 Å². The molecule has 0 radical (unpaired) electrons. The molecule has 0 aromatic carbocycles. The SMILES string of the molecule is C/C=C\[C@H](CCCCCC)[Si](Cl)(Cl)Cl. The van der Waals surface area contributed by atoms with Crippen molar-refractivity contribution in [2.45, 2.75) is 51.5 Å². The molecule has 0 rings (SSSR count). The van der Waals surface area contributed by atoms with Crippen molar-refractivity contribution in [3.8, 4) is 0 Å². The van der Waals surface area contributed by atoms with Crippen LogP contribution >= 0.6 is 33.2 Å². The van der Waals surface area contributed by atoms with Crippen molar-refractivity contribution in [1.29, 1.82) is 0 Å². The van der Waals surface area contributed by atoms with E-state index in [1.54, 1.807) is 0 Å². The normalized spacial score (nSPS) is 14.9. The van der Waals surface area contributed by atoms with Gasteiger partial charge in [0.1, 0.15) is 0 Å². The first-order valence-corrected chi connectivity index (χ1v) is 10.3. The molecule has 0 aliphatic carbocycles. The van der Waals surface area contributed by atoms with E-state index in [0.717, 1.165) is 6.42 Å². The first-order chi connectivity index (χ1) is 6.52. The van der Waals surface area contributed by atoms with Crippen molar-refractivity contribution >= 4 is 39.2 Å². The van der Waals surface area contributed by atoms with Crippen LogP contribution in [0.25, 0.3) is 0 Å². The summed E-state index contributed by atoms with van der Waals surface area (Å²) in [5.41, 5.74) is 0.189. The van der Waals surface area contributed by atoms with E-state index in [0.29, 0.717) is 0 Å². The Morgan fingerprint density at radius 2 is 1.79 bits per heavy atom. The van der Waals surface area contributed by atoms with E-state index in [1.807, 2.05) is 19.1 Å². The van der Waals surface area contributed by atoms with Crippen LogP contribution < -0.4 is 0 Å². The lowest BCUT2D eigenvalue weighted by atomic mass is 10.1. The van der Waals surface area contributed by atoms with E-state index >= 15 is 0 Å². The van der Waals surface area contributed by atoms with E-state index in [1.165, 1.54) is 25.7 Å². The van der Waals surface area contributed by atoms with Gasteiger partial charge in [-0.2, -0.15) is 0 Å². The Morgan fingerprint density at radius 1 is 1.14 bits per heavy atom. The molecule has 14 heavy (non-hydrogen) atoms. The highest BCUT2D eigenvalue weighted by atomic mass is 35.8. The summed E-state index contributed by atoms with van der Waals surface area (Å²) in [6.45, 7) is 4.18. The number of hydrogen-bond acceptors (Lipinski definition) is 0. The van der Waals surface area contributed by atoms with Crippen LogP contribution in [0, 0.1) is 0 Å². The fourth-order valence-electron chi connectivity index (χ4n) is 1.39. The van der Waals surface area contributed by atoms with Gasteiger partial charge in [-0.1, -0.05) is 44.8 Å². The van der Waals surface area contributed by atoms with E-state index < -0.39 is 6.00 Å². The van der Waals surface area contributed by atoms with Crippen LogP contribution in [0.4, 0.5) is 0 Å². The molecule has 4 heteroatoms. The van der Waals surface area contributed by atoms with E-state index in [4.69, 9.17) is 33.2 Å². The van der Waals surface area contributed by atoms with Crippen molar-refractivity contribution in [2.75, 3.05) is 0 Å². The standard InChI is InChI=1S/C10H19Cl3Si/c1-3-5-6-7-9-10(8-4-2)14(11,12)13/h4,8,10H,3,5-7,9H2,1-2H3/b8-4-/t10-/m1/s1. The van der Waals surface area contributed by atoms with Gasteiger partial charge in [0.2, 0.25) is 0 Å². The van der Waals surface area contributed by atoms with Crippen LogP contribution in [-0.4, -0.2) is 6.00 Å². The molecular formula is C10H19Cl3Si. The van der Waals surface area contributed by atoms with Crippen LogP contribution in [0.5, 0.6) is 0 Å². The molecule has 1 atom stereocenters. The number of unbranched alkanes of at least 4 members (excludes halogenated alkanes) is 3. The number of hydrogen-bond donors (Lipinski definition) is 0. The second-order valence-corrected chi connectivity index (χ2v) is 12.5.